The number of halogens is 1. The van der Waals surface area contributed by atoms with E-state index in [-0.39, 0.29) is 5.82 Å². The Hall–Kier alpha value is -2.28. The lowest BCUT2D eigenvalue weighted by Gasteiger charge is -2.29. The van der Waals surface area contributed by atoms with Gasteiger partial charge in [0.25, 0.3) is 0 Å². The van der Waals surface area contributed by atoms with E-state index in [1.165, 1.54) is 22.7 Å². The summed E-state index contributed by atoms with van der Waals surface area (Å²) in [5, 5.41) is 8.96. The normalized spacial score (nSPS) is 15.1. The standard InChI is InChI=1S/C19H21FN2O3S/c1-26-15-3-4-16(17(20)10-15)18-5-2-14(11-21-18)25-12-13-6-8-22(9-7-13)19(23)24/h2-5,10-11,13H,6-9,12H2,1H3,(H,23,24). The monoisotopic (exact) mass is 376 g/mol. The zero-order valence-corrected chi connectivity index (χ0v) is 15.3. The van der Waals surface area contributed by atoms with Gasteiger partial charge in [-0.1, -0.05) is 0 Å². The van der Waals surface area contributed by atoms with Crippen molar-refractivity contribution in [3.63, 3.8) is 0 Å². The van der Waals surface area contributed by atoms with E-state index in [4.69, 9.17) is 9.84 Å². The molecule has 0 bridgehead atoms. The molecule has 0 spiro atoms. The number of hydrogen-bond donors (Lipinski definition) is 1. The molecule has 0 atom stereocenters. The van der Waals surface area contributed by atoms with Crippen LogP contribution in [0.25, 0.3) is 11.3 Å². The smallest absolute Gasteiger partial charge is 0.407 e. The maximum Gasteiger partial charge on any atom is 0.407 e. The van der Waals surface area contributed by atoms with Crippen LogP contribution in [-0.2, 0) is 0 Å². The van der Waals surface area contributed by atoms with E-state index in [1.807, 2.05) is 12.3 Å². The lowest BCUT2D eigenvalue weighted by molar-refractivity contribution is 0.111. The molecule has 1 saturated heterocycles. The van der Waals surface area contributed by atoms with Crippen LogP contribution in [0, 0.1) is 11.7 Å². The van der Waals surface area contributed by atoms with Crippen LogP contribution in [-0.4, -0.2) is 47.0 Å². The molecule has 7 heteroatoms. The fourth-order valence-electron chi connectivity index (χ4n) is 2.96. The number of rotatable bonds is 5. The number of amides is 1. The molecule has 1 aliphatic heterocycles. The Labute approximate surface area is 156 Å². The largest absolute Gasteiger partial charge is 0.492 e. The third-order valence-corrected chi connectivity index (χ3v) is 5.28. The lowest BCUT2D eigenvalue weighted by Crippen LogP contribution is -2.38. The predicted molar refractivity (Wildman–Crippen MR) is 99.2 cm³/mol. The summed E-state index contributed by atoms with van der Waals surface area (Å²) in [6.07, 6.45) is 4.24. The molecule has 1 aromatic heterocycles. The molecule has 1 aliphatic rings. The van der Waals surface area contributed by atoms with Gasteiger partial charge in [0.1, 0.15) is 11.6 Å². The molecule has 2 heterocycles. The van der Waals surface area contributed by atoms with Gasteiger partial charge in [-0.2, -0.15) is 0 Å². The van der Waals surface area contributed by atoms with E-state index in [0.29, 0.717) is 42.6 Å². The number of pyridine rings is 1. The van der Waals surface area contributed by atoms with Crippen LogP contribution < -0.4 is 4.74 Å². The zero-order chi connectivity index (χ0) is 18.5. The number of likely N-dealkylation sites (tertiary alicyclic amines) is 1. The van der Waals surface area contributed by atoms with Crippen molar-refractivity contribution in [2.45, 2.75) is 17.7 Å². The van der Waals surface area contributed by atoms with Gasteiger partial charge in [-0.3, -0.25) is 4.98 Å². The highest BCUT2D eigenvalue weighted by atomic mass is 32.2. The molecule has 1 aromatic carbocycles. The van der Waals surface area contributed by atoms with Gasteiger partial charge in [0, 0.05) is 23.5 Å². The SMILES string of the molecule is CSc1ccc(-c2ccc(OCC3CCN(C(=O)O)CC3)cn2)c(F)c1. The molecule has 0 unspecified atom stereocenters. The van der Waals surface area contributed by atoms with Gasteiger partial charge in [0.05, 0.1) is 18.5 Å². The topological polar surface area (TPSA) is 62.7 Å². The fourth-order valence-corrected chi connectivity index (χ4v) is 3.39. The Bertz CT molecular complexity index is 762. The number of aromatic nitrogens is 1. The molecule has 2 aromatic rings. The summed E-state index contributed by atoms with van der Waals surface area (Å²) in [6.45, 7) is 1.63. The van der Waals surface area contributed by atoms with Gasteiger partial charge in [-0.25, -0.2) is 9.18 Å². The second kappa shape index (κ2) is 8.40. The quantitative estimate of drug-likeness (QED) is 0.785. The summed E-state index contributed by atoms with van der Waals surface area (Å²) >= 11 is 1.50. The van der Waals surface area contributed by atoms with Gasteiger partial charge in [-0.15, -0.1) is 11.8 Å². The molecule has 1 fully saturated rings. The van der Waals surface area contributed by atoms with Crippen molar-refractivity contribution in [3.05, 3.63) is 42.3 Å². The third kappa shape index (κ3) is 4.46. The number of carbonyl (C=O) groups is 1. The summed E-state index contributed by atoms with van der Waals surface area (Å²) in [7, 11) is 0. The molecule has 138 valence electrons. The van der Waals surface area contributed by atoms with Crippen molar-refractivity contribution in [3.8, 4) is 17.0 Å². The summed E-state index contributed by atoms with van der Waals surface area (Å²) in [4.78, 5) is 17.5. The maximum atomic E-state index is 14.2. The molecule has 5 nitrogen and oxygen atoms in total. The van der Waals surface area contributed by atoms with E-state index in [0.717, 1.165) is 17.7 Å². The molecular weight excluding hydrogens is 355 g/mol. The minimum atomic E-state index is -0.859. The van der Waals surface area contributed by atoms with Gasteiger partial charge in [-0.05, 0) is 55.3 Å². The van der Waals surface area contributed by atoms with Gasteiger partial charge >= 0.3 is 6.09 Å². The van der Waals surface area contributed by atoms with Crippen molar-refractivity contribution in [2.24, 2.45) is 5.92 Å². The predicted octanol–water partition coefficient (Wildman–Crippen LogP) is 4.38. The van der Waals surface area contributed by atoms with Crippen molar-refractivity contribution in [2.75, 3.05) is 26.0 Å². The number of carboxylic acid groups (broad SMARTS) is 1. The number of benzene rings is 1. The molecule has 0 saturated carbocycles. The average Bonchev–Trinajstić information content (AvgIpc) is 2.67. The van der Waals surface area contributed by atoms with Gasteiger partial charge in [0.2, 0.25) is 0 Å². The highest BCUT2D eigenvalue weighted by Crippen LogP contribution is 2.26. The molecule has 26 heavy (non-hydrogen) atoms. The van der Waals surface area contributed by atoms with Crippen LogP contribution in [0.3, 0.4) is 0 Å². The lowest BCUT2D eigenvalue weighted by atomic mass is 9.98. The minimum absolute atomic E-state index is 0.289. The first kappa shape index (κ1) is 18.5. The van der Waals surface area contributed by atoms with E-state index >= 15 is 0 Å². The van der Waals surface area contributed by atoms with Crippen LogP contribution in [0.2, 0.25) is 0 Å². The fraction of sp³-hybridized carbons (Fsp3) is 0.368. The Balaban J connectivity index is 1.56. The summed E-state index contributed by atoms with van der Waals surface area (Å²) in [6, 6.07) is 8.66. The van der Waals surface area contributed by atoms with Crippen LogP contribution >= 0.6 is 11.8 Å². The van der Waals surface area contributed by atoms with E-state index in [9.17, 15) is 9.18 Å². The summed E-state index contributed by atoms with van der Waals surface area (Å²) < 4.78 is 19.9. The van der Waals surface area contributed by atoms with Crippen molar-refractivity contribution >= 4 is 17.9 Å². The van der Waals surface area contributed by atoms with E-state index in [2.05, 4.69) is 4.98 Å². The molecule has 0 aliphatic carbocycles. The highest BCUT2D eigenvalue weighted by Gasteiger charge is 2.22. The molecule has 0 radical (unpaired) electrons. The van der Waals surface area contributed by atoms with Gasteiger partial charge in [0.15, 0.2) is 0 Å². The molecule has 1 amide bonds. The van der Waals surface area contributed by atoms with E-state index < -0.39 is 6.09 Å². The van der Waals surface area contributed by atoms with Crippen LogP contribution in [0.15, 0.2) is 41.4 Å². The zero-order valence-electron chi connectivity index (χ0n) is 14.5. The number of hydrogen-bond acceptors (Lipinski definition) is 4. The highest BCUT2D eigenvalue weighted by molar-refractivity contribution is 7.98. The first-order chi connectivity index (χ1) is 12.6. The Morgan fingerprint density at radius 2 is 2.12 bits per heavy atom. The Morgan fingerprint density at radius 1 is 1.35 bits per heavy atom. The van der Waals surface area contributed by atoms with Crippen LogP contribution in [0.1, 0.15) is 12.8 Å². The number of ether oxygens (including phenoxy) is 1. The summed E-state index contributed by atoms with van der Waals surface area (Å²) in [5.74, 6) is 0.681. The number of thioether (sulfide) groups is 1. The molecule has 1 N–H and O–H groups in total. The first-order valence-electron chi connectivity index (χ1n) is 8.47. The van der Waals surface area contributed by atoms with E-state index in [1.54, 1.807) is 24.4 Å². The average molecular weight is 376 g/mol. The minimum Gasteiger partial charge on any atom is -0.492 e. The number of piperidine rings is 1. The maximum absolute atomic E-state index is 14.2. The Morgan fingerprint density at radius 3 is 2.69 bits per heavy atom. The molecular formula is C19H21FN2O3S. The first-order valence-corrected chi connectivity index (χ1v) is 9.70. The Kier molecular flexibility index (Phi) is 5.98. The second-order valence-corrected chi connectivity index (χ2v) is 7.13. The van der Waals surface area contributed by atoms with Crippen molar-refractivity contribution < 1.29 is 19.0 Å². The van der Waals surface area contributed by atoms with Gasteiger partial charge < -0.3 is 14.7 Å². The van der Waals surface area contributed by atoms with Crippen LogP contribution in [0.5, 0.6) is 5.75 Å². The molecule has 3 rings (SSSR count). The third-order valence-electron chi connectivity index (χ3n) is 4.56. The van der Waals surface area contributed by atoms with Crippen LogP contribution in [0.4, 0.5) is 9.18 Å². The second-order valence-electron chi connectivity index (χ2n) is 6.25. The van der Waals surface area contributed by atoms with Crippen molar-refractivity contribution in [1.82, 2.24) is 9.88 Å². The number of nitrogens with zero attached hydrogens (tertiary/aromatic N) is 2. The summed E-state index contributed by atoms with van der Waals surface area (Å²) in [5.41, 5.74) is 1.03. The van der Waals surface area contributed by atoms with Crippen molar-refractivity contribution in [1.29, 1.82) is 0 Å².